The van der Waals surface area contributed by atoms with Crippen molar-refractivity contribution in [3.8, 4) is 22.3 Å². The second kappa shape index (κ2) is 17.8. The SMILES string of the molecule is CC(C)(C)c1ccc(N2c3ccc(C(C)(C)C)cc3B3c4cc5c(cc4N(c4ccc(C(C)(C)C)cc4-c4ccccc4)c4cc(N6c7ccc(-c8ccncc8)cc7C7(C)CCCCC67C)cc2c43)C(C)(C)CCC5(C)C)cc1. The van der Waals surface area contributed by atoms with Crippen LogP contribution in [0.2, 0.25) is 0 Å². The Balaban J connectivity index is 1.19. The second-order valence-electron chi connectivity index (χ2n) is 29.5. The van der Waals surface area contributed by atoms with E-state index in [2.05, 4.69) is 269 Å². The van der Waals surface area contributed by atoms with Crippen molar-refractivity contribution in [3.05, 3.63) is 191 Å². The van der Waals surface area contributed by atoms with E-state index in [1.54, 1.807) is 0 Å². The third kappa shape index (κ3) is 8.01. The van der Waals surface area contributed by atoms with Crippen LogP contribution in [-0.2, 0) is 32.5 Å². The molecule has 2 unspecified atom stereocenters. The molecule has 13 rings (SSSR count). The summed E-state index contributed by atoms with van der Waals surface area (Å²) >= 11 is 0. The summed E-state index contributed by atoms with van der Waals surface area (Å²) in [5.41, 5.74) is 27.2. The number of hydrogen-bond acceptors (Lipinski definition) is 4. The molecule has 8 aromatic rings. The van der Waals surface area contributed by atoms with Gasteiger partial charge < -0.3 is 14.7 Å². The summed E-state index contributed by atoms with van der Waals surface area (Å²) in [5, 5.41) is 0. The van der Waals surface area contributed by atoms with E-state index >= 15 is 0 Å². The van der Waals surface area contributed by atoms with E-state index in [9.17, 15) is 0 Å². The summed E-state index contributed by atoms with van der Waals surface area (Å²) in [4.78, 5) is 12.7. The quantitative estimate of drug-likeness (QED) is 0.160. The number of hydrogen-bond donors (Lipinski definition) is 0. The minimum Gasteiger partial charge on any atom is -0.334 e. The Morgan fingerprint density at radius 3 is 1.62 bits per heavy atom. The van der Waals surface area contributed by atoms with Crippen LogP contribution in [0, 0.1) is 0 Å². The van der Waals surface area contributed by atoms with Crippen molar-refractivity contribution < 1.29 is 0 Å². The van der Waals surface area contributed by atoms with Gasteiger partial charge in [0, 0.05) is 63.2 Å². The van der Waals surface area contributed by atoms with Crippen LogP contribution in [-0.4, -0.2) is 17.2 Å². The van der Waals surface area contributed by atoms with Crippen molar-refractivity contribution in [3.63, 3.8) is 0 Å². The van der Waals surface area contributed by atoms with Gasteiger partial charge in [-0.05, 0) is 199 Å². The summed E-state index contributed by atoms with van der Waals surface area (Å²) in [5.74, 6) is 0. The number of rotatable bonds is 5. The lowest BCUT2D eigenvalue weighted by atomic mass is 9.33. The summed E-state index contributed by atoms with van der Waals surface area (Å²) in [6.07, 6.45) is 10.8. The first-order valence-corrected chi connectivity index (χ1v) is 30.1. The lowest BCUT2D eigenvalue weighted by Gasteiger charge is -2.51. The van der Waals surface area contributed by atoms with E-state index in [-0.39, 0.29) is 44.7 Å². The van der Waals surface area contributed by atoms with Gasteiger partial charge in [0.05, 0.1) is 11.2 Å². The maximum Gasteiger partial charge on any atom is 0.252 e. The zero-order chi connectivity index (χ0) is 56.3. The number of aromatic nitrogens is 1. The Hall–Kier alpha value is -6.85. The van der Waals surface area contributed by atoms with Crippen LogP contribution in [0.15, 0.2) is 158 Å². The van der Waals surface area contributed by atoms with Gasteiger partial charge in [-0.3, -0.25) is 4.98 Å². The van der Waals surface area contributed by atoms with E-state index in [0.717, 1.165) is 25.7 Å². The third-order valence-electron chi connectivity index (χ3n) is 20.4. The molecule has 0 saturated heterocycles. The van der Waals surface area contributed by atoms with Crippen LogP contribution in [0.25, 0.3) is 22.3 Å². The third-order valence-corrected chi connectivity index (χ3v) is 20.4. The molecule has 7 aromatic carbocycles. The van der Waals surface area contributed by atoms with Crippen molar-refractivity contribution in [2.75, 3.05) is 14.7 Å². The molecular weight excluding hydrogens is 968 g/mol. The highest BCUT2D eigenvalue weighted by Gasteiger charge is 2.58. The molecule has 0 N–H and O–H groups in total. The first-order chi connectivity index (χ1) is 37.8. The molecule has 1 aromatic heterocycles. The van der Waals surface area contributed by atoms with Crippen LogP contribution < -0.4 is 31.1 Å². The van der Waals surface area contributed by atoms with Crippen LogP contribution in [0.3, 0.4) is 0 Å². The number of nitrogens with zero attached hydrogens (tertiary/aromatic N) is 4. The van der Waals surface area contributed by atoms with Crippen molar-refractivity contribution in [1.29, 1.82) is 0 Å². The molecule has 5 aliphatic rings. The van der Waals surface area contributed by atoms with Crippen LogP contribution in [0.1, 0.15) is 176 Å². The molecular formula is C75H83BN4. The molecule has 0 spiro atoms. The number of anilines is 8. The number of fused-ring (bicyclic) bond motifs is 8. The molecule has 1 saturated carbocycles. The largest absolute Gasteiger partial charge is 0.334 e. The molecule has 4 heterocycles. The summed E-state index contributed by atoms with van der Waals surface area (Å²) in [6.45, 7) is 36.3. The van der Waals surface area contributed by atoms with Gasteiger partial charge in [-0.1, -0.05) is 183 Å². The predicted octanol–water partition coefficient (Wildman–Crippen LogP) is 18.5. The van der Waals surface area contributed by atoms with E-state index in [1.165, 1.54) is 130 Å². The normalized spacial score (nSPS) is 20.6. The van der Waals surface area contributed by atoms with Crippen molar-refractivity contribution in [2.45, 2.75) is 180 Å². The van der Waals surface area contributed by atoms with Crippen LogP contribution in [0.4, 0.5) is 45.5 Å². The Morgan fingerprint density at radius 2 is 0.975 bits per heavy atom. The van der Waals surface area contributed by atoms with Crippen molar-refractivity contribution in [1.82, 2.24) is 4.98 Å². The fourth-order valence-corrected chi connectivity index (χ4v) is 15.2. The van der Waals surface area contributed by atoms with Crippen LogP contribution >= 0.6 is 0 Å². The molecule has 0 radical (unpaired) electrons. The lowest BCUT2D eigenvalue weighted by molar-refractivity contribution is 0.195. The molecule has 406 valence electrons. The van der Waals surface area contributed by atoms with Gasteiger partial charge in [0.2, 0.25) is 0 Å². The zero-order valence-electron chi connectivity index (χ0n) is 50.6. The Bertz CT molecular complexity index is 3770. The Morgan fingerprint density at radius 1 is 0.412 bits per heavy atom. The average Bonchev–Trinajstić information content (AvgIpc) is 3.81. The van der Waals surface area contributed by atoms with Gasteiger partial charge in [-0.25, -0.2) is 0 Å². The maximum atomic E-state index is 4.42. The molecule has 5 heteroatoms. The molecule has 0 bridgehead atoms. The average molecular weight is 1050 g/mol. The zero-order valence-corrected chi connectivity index (χ0v) is 50.6. The smallest absolute Gasteiger partial charge is 0.252 e. The predicted molar refractivity (Wildman–Crippen MR) is 343 cm³/mol. The highest BCUT2D eigenvalue weighted by molar-refractivity contribution is 7.00. The fraction of sp³-hybridized carbons (Fsp3) is 0.373. The molecule has 0 amide bonds. The molecule has 80 heavy (non-hydrogen) atoms. The van der Waals surface area contributed by atoms with Crippen LogP contribution in [0.5, 0.6) is 0 Å². The van der Waals surface area contributed by atoms with Crippen molar-refractivity contribution in [2.24, 2.45) is 0 Å². The van der Waals surface area contributed by atoms with Gasteiger partial charge in [0.15, 0.2) is 0 Å². The van der Waals surface area contributed by atoms with Gasteiger partial charge in [0.1, 0.15) is 0 Å². The van der Waals surface area contributed by atoms with E-state index in [4.69, 9.17) is 0 Å². The first kappa shape index (κ1) is 52.5. The van der Waals surface area contributed by atoms with Crippen molar-refractivity contribution >= 4 is 68.6 Å². The van der Waals surface area contributed by atoms with Gasteiger partial charge in [0.25, 0.3) is 6.71 Å². The molecule has 2 atom stereocenters. The van der Waals surface area contributed by atoms with Gasteiger partial charge in [-0.15, -0.1) is 0 Å². The van der Waals surface area contributed by atoms with Gasteiger partial charge in [-0.2, -0.15) is 0 Å². The highest BCUT2D eigenvalue weighted by atomic mass is 15.3. The molecule has 2 aliphatic carbocycles. The standard InChI is InChI=1S/C75H83BN4/c1-69(2,3)51-24-28-54(29-25-51)78-64-32-27-53(71(7,8)9)43-60(64)76-61-46-57-58(73(12,13)38-37-72(57,10)11)47-65(61)79(62-31-26-52(70(4,5)6)42-56(62)49-21-17-16-18-22-49)67-45-55(44-66(78)68(67)76)80-63-30-23-50(48-33-39-77-40-34-48)41-59(63)74(14)35-19-20-36-75(74,80)15/h16-18,21-34,39-47H,19-20,35-38H2,1-15H3. The van der Waals surface area contributed by atoms with E-state index in [0.29, 0.717) is 0 Å². The lowest BCUT2D eigenvalue weighted by Crippen LogP contribution is -2.62. The minimum absolute atomic E-state index is 0.00844. The Labute approximate surface area is 479 Å². The minimum atomic E-state index is -0.201. The molecule has 4 nitrogen and oxygen atoms in total. The summed E-state index contributed by atoms with van der Waals surface area (Å²) in [7, 11) is 0. The Kier molecular flexibility index (Phi) is 11.7. The monoisotopic (exact) mass is 1050 g/mol. The second-order valence-corrected chi connectivity index (χ2v) is 29.5. The summed E-state index contributed by atoms with van der Waals surface area (Å²) in [6, 6.07) is 58.1. The number of benzene rings is 7. The maximum absolute atomic E-state index is 4.42. The van der Waals surface area contributed by atoms with E-state index < -0.39 is 0 Å². The first-order valence-electron chi connectivity index (χ1n) is 30.1. The number of pyridine rings is 1. The molecule has 1 fully saturated rings. The fourth-order valence-electron chi connectivity index (χ4n) is 15.2. The molecule has 3 aliphatic heterocycles. The van der Waals surface area contributed by atoms with Gasteiger partial charge >= 0.3 is 0 Å². The van der Waals surface area contributed by atoms with E-state index in [1.807, 2.05) is 12.4 Å². The topological polar surface area (TPSA) is 22.6 Å². The highest BCUT2D eigenvalue weighted by Crippen LogP contribution is 2.63. The summed E-state index contributed by atoms with van der Waals surface area (Å²) < 4.78 is 0.